The number of thioether (sulfide) groups is 1. The van der Waals surface area contributed by atoms with Crippen LogP contribution in [0, 0.1) is 0 Å². The highest BCUT2D eigenvalue weighted by atomic mass is 35.5. The van der Waals surface area contributed by atoms with Gasteiger partial charge in [-0.25, -0.2) is 8.42 Å². The van der Waals surface area contributed by atoms with Gasteiger partial charge in [0.2, 0.25) is 11.8 Å². The monoisotopic (exact) mass is 707 g/mol. The normalized spacial score (nSPS) is 12.5. The van der Waals surface area contributed by atoms with Gasteiger partial charge in [-0.3, -0.25) is 13.9 Å². The van der Waals surface area contributed by atoms with E-state index in [1.54, 1.807) is 54.6 Å². The summed E-state index contributed by atoms with van der Waals surface area (Å²) in [6, 6.07) is 28.6. The maximum Gasteiger partial charge on any atom is 0.264 e. The molecule has 2 atom stereocenters. The van der Waals surface area contributed by atoms with Gasteiger partial charge in [0.05, 0.1) is 17.2 Å². The maximum atomic E-state index is 14.6. The van der Waals surface area contributed by atoms with E-state index in [4.69, 9.17) is 16.3 Å². The number of ether oxygens (including phenoxy) is 1. The van der Waals surface area contributed by atoms with Crippen molar-refractivity contribution in [2.45, 2.75) is 62.0 Å². The van der Waals surface area contributed by atoms with Gasteiger partial charge in [0, 0.05) is 28.9 Å². The maximum absolute atomic E-state index is 14.6. The third-order valence-electron chi connectivity index (χ3n) is 7.88. The zero-order chi connectivity index (χ0) is 34.7. The lowest BCUT2D eigenvalue weighted by atomic mass is 10.0. The fourth-order valence-corrected chi connectivity index (χ4v) is 7.14. The van der Waals surface area contributed by atoms with Crippen LogP contribution in [0.15, 0.2) is 113 Å². The SMILES string of the molecule is CCOc1ccc(N(CC(=O)N(Cc2cccc(Cl)c2)[C@@H](Cc2ccccc2)C(=O)N[C@H](C)CC)S(=O)(=O)c2ccc(SC)cc2)cc1. The number of carbonyl (C=O) groups is 2. The summed E-state index contributed by atoms with van der Waals surface area (Å²) in [5, 5.41) is 3.53. The van der Waals surface area contributed by atoms with Crippen LogP contribution in [0.2, 0.25) is 5.02 Å². The van der Waals surface area contributed by atoms with Gasteiger partial charge in [-0.15, -0.1) is 11.8 Å². The largest absolute Gasteiger partial charge is 0.494 e. The van der Waals surface area contributed by atoms with Crippen molar-refractivity contribution in [2.75, 3.05) is 23.7 Å². The molecule has 4 rings (SSSR count). The first-order valence-corrected chi connectivity index (χ1v) is 18.9. The molecule has 48 heavy (non-hydrogen) atoms. The fraction of sp³-hybridized carbons (Fsp3) is 0.297. The molecule has 0 aromatic heterocycles. The molecule has 0 aliphatic rings. The number of hydrogen-bond acceptors (Lipinski definition) is 6. The first kappa shape index (κ1) is 36.8. The molecule has 0 radical (unpaired) electrons. The molecule has 0 spiro atoms. The van der Waals surface area contributed by atoms with Crippen molar-refractivity contribution in [1.82, 2.24) is 10.2 Å². The van der Waals surface area contributed by atoms with E-state index in [0.29, 0.717) is 29.4 Å². The molecule has 0 saturated heterocycles. The van der Waals surface area contributed by atoms with Crippen molar-refractivity contribution in [1.29, 1.82) is 0 Å². The van der Waals surface area contributed by atoms with E-state index in [2.05, 4.69) is 5.32 Å². The van der Waals surface area contributed by atoms with Crippen LogP contribution in [-0.2, 0) is 32.6 Å². The predicted octanol–water partition coefficient (Wildman–Crippen LogP) is 7.21. The van der Waals surface area contributed by atoms with Gasteiger partial charge >= 0.3 is 0 Å². The molecule has 0 saturated carbocycles. The smallest absolute Gasteiger partial charge is 0.264 e. The standard InChI is InChI=1S/C37H42ClN3O5S2/c1-5-27(3)39-37(43)35(24-28-11-8-7-9-12-28)40(25-29-13-10-14-30(38)23-29)36(42)26-41(31-15-17-32(18-16-31)46-6-2)48(44,45)34-21-19-33(47-4)20-22-34/h7-23,27,35H,5-6,24-26H2,1-4H3,(H,39,43)/t27-,35+/m1/s1. The minimum absolute atomic E-state index is 0.0321. The number of halogens is 1. The summed E-state index contributed by atoms with van der Waals surface area (Å²) in [6.45, 7) is 5.66. The first-order valence-electron chi connectivity index (χ1n) is 15.8. The first-order chi connectivity index (χ1) is 23.0. The second kappa shape index (κ2) is 17.4. The Morgan fingerprint density at radius 1 is 0.896 bits per heavy atom. The molecular formula is C37H42ClN3O5S2. The Morgan fingerprint density at radius 2 is 1.56 bits per heavy atom. The highest BCUT2D eigenvalue weighted by Crippen LogP contribution is 2.28. The summed E-state index contributed by atoms with van der Waals surface area (Å²) in [5.41, 5.74) is 1.84. The van der Waals surface area contributed by atoms with Gasteiger partial charge in [-0.1, -0.05) is 61.0 Å². The van der Waals surface area contributed by atoms with Crippen molar-refractivity contribution in [3.63, 3.8) is 0 Å². The van der Waals surface area contributed by atoms with Crippen LogP contribution < -0.4 is 14.4 Å². The van der Waals surface area contributed by atoms with Crippen LogP contribution in [-0.4, -0.2) is 56.6 Å². The summed E-state index contributed by atoms with van der Waals surface area (Å²) < 4.78 is 35.3. The van der Waals surface area contributed by atoms with Crippen molar-refractivity contribution in [3.8, 4) is 5.75 Å². The Morgan fingerprint density at radius 3 is 2.17 bits per heavy atom. The number of carbonyl (C=O) groups excluding carboxylic acids is 2. The lowest BCUT2D eigenvalue weighted by Gasteiger charge is -2.34. The van der Waals surface area contributed by atoms with Crippen LogP contribution >= 0.6 is 23.4 Å². The summed E-state index contributed by atoms with van der Waals surface area (Å²) in [7, 11) is -4.23. The number of hydrogen-bond donors (Lipinski definition) is 1. The highest BCUT2D eigenvalue weighted by molar-refractivity contribution is 7.98. The van der Waals surface area contributed by atoms with E-state index in [1.807, 2.05) is 63.4 Å². The van der Waals surface area contributed by atoms with E-state index in [9.17, 15) is 18.0 Å². The van der Waals surface area contributed by atoms with E-state index in [1.165, 1.54) is 28.8 Å². The molecule has 4 aromatic rings. The van der Waals surface area contributed by atoms with E-state index >= 15 is 0 Å². The third-order valence-corrected chi connectivity index (χ3v) is 10.6. The predicted molar refractivity (Wildman–Crippen MR) is 194 cm³/mol. The lowest BCUT2D eigenvalue weighted by Crippen LogP contribution is -2.54. The van der Waals surface area contributed by atoms with Gasteiger partial charge in [-0.05, 0) is 98.3 Å². The second-order valence-corrected chi connectivity index (χ2v) is 14.5. The Hall–Kier alpha value is -3.99. The van der Waals surface area contributed by atoms with Crippen molar-refractivity contribution >= 4 is 50.9 Å². The van der Waals surface area contributed by atoms with E-state index in [0.717, 1.165) is 14.8 Å². The van der Waals surface area contributed by atoms with E-state index < -0.39 is 28.5 Å². The molecule has 2 amide bonds. The second-order valence-electron chi connectivity index (χ2n) is 11.3. The summed E-state index contributed by atoms with van der Waals surface area (Å²) >= 11 is 7.83. The van der Waals surface area contributed by atoms with E-state index in [-0.39, 0.29) is 35.5 Å². The number of anilines is 1. The molecule has 254 valence electrons. The van der Waals surface area contributed by atoms with Crippen molar-refractivity contribution in [2.24, 2.45) is 0 Å². The Kier molecular flexibility index (Phi) is 13.4. The quantitative estimate of drug-likeness (QED) is 0.124. The van der Waals surface area contributed by atoms with Crippen molar-refractivity contribution in [3.05, 3.63) is 119 Å². The Balaban J connectivity index is 1.81. The number of rotatable bonds is 16. The minimum Gasteiger partial charge on any atom is -0.494 e. The minimum atomic E-state index is -4.23. The topological polar surface area (TPSA) is 96.0 Å². The Bertz CT molecular complexity index is 1750. The molecule has 0 heterocycles. The van der Waals surface area contributed by atoms with Crippen LogP contribution in [0.3, 0.4) is 0 Å². The summed E-state index contributed by atoms with van der Waals surface area (Å²) in [4.78, 5) is 31.0. The lowest BCUT2D eigenvalue weighted by molar-refractivity contribution is -0.140. The summed E-state index contributed by atoms with van der Waals surface area (Å²) in [6.07, 6.45) is 2.83. The zero-order valence-corrected chi connectivity index (χ0v) is 30.0. The van der Waals surface area contributed by atoms with Crippen molar-refractivity contribution < 1.29 is 22.7 Å². The van der Waals surface area contributed by atoms with Crippen LogP contribution in [0.25, 0.3) is 0 Å². The number of nitrogens with zero attached hydrogens (tertiary/aromatic N) is 2. The average Bonchev–Trinajstić information content (AvgIpc) is 3.09. The highest BCUT2D eigenvalue weighted by Gasteiger charge is 2.35. The molecule has 0 unspecified atom stereocenters. The fourth-order valence-electron chi connectivity index (χ4n) is 5.11. The number of nitrogens with one attached hydrogen (secondary N) is 1. The molecule has 1 N–H and O–H groups in total. The third kappa shape index (κ3) is 9.78. The summed E-state index contributed by atoms with van der Waals surface area (Å²) in [5.74, 6) is -0.304. The number of benzene rings is 4. The molecule has 0 aliphatic carbocycles. The average molecular weight is 708 g/mol. The molecular weight excluding hydrogens is 666 g/mol. The number of sulfonamides is 1. The van der Waals surface area contributed by atoms with Crippen LogP contribution in [0.4, 0.5) is 5.69 Å². The zero-order valence-electron chi connectivity index (χ0n) is 27.6. The molecule has 0 fully saturated rings. The van der Waals surface area contributed by atoms with Crippen LogP contribution in [0.1, 0.15) is 38.3 Å². The van der Waals surface area contributed by atoms with Gasteiger partial charge in [0.25, 0.3) is 10.0 Å². The van der Waals surface area contributed by atoms with Gasteiger partial charge in [0.15, 0.2) is 0 Å². The molecule has 8 nitrogen and oxygen atoms in total. The number of amides is 2. The molecule has 0 bridgehead atoms. The van der Waals surface area contributed by atoms with Gasteiger partial charge in [0.1, 0.15) is 18.3 Å². The molecule has 4 aromatic carbocycles. The molecule has 11 heteroatoms. The van der Waals surface area contributed by atoms with Gasteiger partial charge in [-0.2, -0.15) is 0 Å². The Labute approximate surface area is 293 Å². The van der Waals surface area contributed by atoms with Crippen LogP contribution in [0.5, 0.6) is 5.75 Å². The van der Waals surface area contributed by atoms with Gasteiger partial charge < -0.3 is 15.0 Å². The molecule has 0 aliphatic heterocycles.